The Morgan fingerprint density at radius 2 is 1.93 bits per heavy atom. The van der Waals surface area contributed by atoms with E-state index in [4.69, 9.17) is 5.73 Å². The maximum atomic E-state index is 12.6. The number of piperidine rings is 3. The van der Waals surface area contributed by atoms with Crippen molar-refractivity contribution in [2.45, 2.75) is 63.5 Å². The Balaban J connectivity index is 1.40. The number of nitrogens with two attached hydrogens (primary N) is 1. The molecule has 4 rings (SSSR count). The molecule has 148 valence electrons. The van der Waals surface area contributed by atoms with Crippen molar-refractivity contribution in [1.82, 2.24) is 9.80 Å². The molecule has 3 fully saturated rings. The van der Waals surface area contributed by atoms with E-state index in [1.165, 1.54) is 44.2 Å². The number of likely N-dealkylation sites (tertiary alicyclic amines) is 1. The minimum absolute atomic E-state index is 0.364. The second-order valence-electron chi connectivity index (χ2n) is 8.94. The normalized spacial score (nSPS) is 30.8. The molecule has 0 unspecified atom stereocenters. The molecule has 3 saturated heterocycles. The van der Waals surface area contributed by atoms with Crippen molar-refractivity contribution in [3.8, 4) is 0 Å². The van der Waals surface area contributed by atoms with Crippen molar-refractivity contribution >= 4 is 5.91 Å². The number of hydrogen-bond acceptors (Lipinski definition) is 3. The summed E-state index contributed by atoms with van der Waals surface area (Å²) in [6, 6.07) is 12.3. The van der Waals surface area contributed by atoms with Crippen molar-refractivity contribution < 1.29 is 4.79 Å². The molecule has 3 heterocycles. The maximum Gasteiger partial charge on any atom is 0.222 e. The molecule has 2 N–H and O–H groups in total. The average molecular weight is 370 g/mol. The highest BCUT2D eigenvalue weighted by Crippen LogP contribution is 2.40. The molecule has 0 aromatic heterocycles. The molecular formula is C23H35N3O. The van der Waals surface area contributed by atoms with Crippen LogP contribution in [0.15, 0.2) is 30.3 Å². The van der Waals surface area contributed by atoms with Crippen LogP contribution in [-0.4, -0.2) is 54.0 Å². The molecule has 3 aliphatic heterocycles. The van der Waals surface area contributed by atoms with Crippen LogP contribution in [0, 0.1) is 11.8 Å². The summed E-state index contributed by atoms with van der Waals surface area (Å²) in [7, 11) is 0. The van der Waals surface area contributed by atoms with E-state index in [0.29, 0.717) is 42.8 Å². The van der Waals surface area contributed by atoms with Gasteiger partial charge in [-0.25, -0.2) is 0 Å². The van der Waals surface area contributed by atoms with Crippen LogP contribution in [0.5, 0.6) is 0 Å². The van der Waals surface area contributed by atoms with Crippen LogP contribution in [-0.2, 0) is 11.2 Å². The van der Waals surface area contributed by atoms with E-state index in [-0.39, 0.29) is 0 Å². The van der Waals surface area contributed by atoms with Crippen LogP contribution in [0.25, 0.3) is 0 Å². The Labute approximate surface area is 164 Å². The first-order valence-electron chi connectivity index (χ1n) is 11.0. The van der Waals surface area contributed by atoms with Crippen molar-refractivity contribution in [1.29, 1.82) is 0 Å². The zero-order chi connectivity index (χ0) is 18.6. The zero-order valence-electron chi connectivity index (χ0n) is 16.6. The Bertz CT molecular complexity index is 619. The van der Waals surface area contributed by atoms with Gasteiger partial charge >= 0.3 is 0 Å². The van der Waals surface area contributed by atoms with Gasteiger partial charge in [-0.1, -0.05) is 36.8 Å². The van der Waals surface area contributed by atoms with Gasteiger partial charge in [0.2, 0.25) is 5.91 Å². The second-order valence-corrected chi connectivity index (χ2v) is 8.94. The Hall–Kier alpha value is -1.39. The number of fused-ring (bicyclic) bond motifs is 4. The molecule has 1 aromatic rings. The number of nitrogens with zero attached hydrogens (tertiary/aromatic N) is 2. The van der Waals surface area contributed by atoms with Gasteiger partial charge in [0, 0.05) is 38.1 Å². The van der Waals surface area contributed by atoms with E-state index >= 15 is 0 Å². The predicted molar refractivity (Wildman–Crippen MR) is 109 cm³/mol. The Morgan fingerprint density at radius 3 is 2.74 bits per heavy atom. The molecule has 4 heteroatoms. The van der Waals surface area contributed by atoms with Crippen LogP contribution in [0.2, 0.25) is 0 Å². The molecule has 4 nitrogen and oxygen atoms in total. The van der Waals surface area contributed by atoms with Crippen LogP contribution in [0.4, 0.5) is 0 Å². The van der Waals surface area contributed by atoms with Gasteiger partial charge < -0.3 is 10.6 Å². The van der Waals surface area contributed by atoms with Gasteiger partial charge in [0.25, 0.3) is 0 Å². The first-order valence-corrected chi connectivity index (χ1v) is 11.0. The molecule has 0 spiro atoms. The highest BCUT2D eigenvalue weighted by Gasteiger charge is 2.45. The molecule has 2 bridgehead atoms. The molecule has 1 aromatic carbocycles. The van der Waals surface area contributed by atoms with E-state index in [2.05, 4.69) is 40.1 Å². The SMILES string of the molecule is NCCCCC(=O)N1C[C@@H]2C[C@H](C1)[C@@H]1CCC[C@H](Cc3ccccc3)N1C2. The van der Waals surface area contributed by atoms with Crippen molar-refractivity contribution in [3.05, 3.63) is 35.9 Å². The lowest BCUT2D eigenvalue weighted by Gasteiger charge is -2.55. The first-order chi connectivity index (χ1) is 13.2. The minimum atomic E-state index is 0.364. The number of carbonyl (C=O) groups excluding carboxylic acids is 1. The maximum absolute atomic E-state index is 12.6. The standard InChI is InChI=1S/C23H35N3O/c24-12-5-4-11-23(27)25-15-19-13-20(17-25)22-10-6-9-21(26(22)16-19)14-18-7-2-1-3-8-18/h1-3,7-8,19-22H,4-6,9-17,24H2/t19-,20+,21+,22-/m0/s1. The van der Waals surface area contributed by atoms with Gasteiger partial charge in [0.15, 0.2) is 0 Å². The minimum Gasteiger partial charge on any atom is -0.342 e. The number of rotatable bonds is 6. The summed E-state index contributed by atoms with van der Waals surface area (Å²) in [4.78, 5) is 17.7. The molecule has 0 saturated carbocycles. The fourth-order valence-corrected chi connectivity index (χ4v) is 5.80. The van der Waals surface area contributed by atoms with Gasteiger partial charge in [-0.05, 0) is 62.5 Å². The summed E-state index contributed by atoms with van der Waals surface area (Å²) in [5, 5.41) is 0. The van der Waals surface area contributed by atoms with Gasteiger partial charge in [-0.15, -0.1) is 0 Å². The lowest BCUT2D eigenvalue weighted by molar-refractivity contribution is -0.139. The van der Waals surface area contributed by atoms with Gasteiger partial charge in [-0.2, -0.15) is 0 Å². The zero-order valence-corrected chi connectivity index (χ0v) is 16.6. The fraction of sp³-hybridized carbons (Fsp3) is 0.696. The highest BCUT2D eigenvalue weighted by atomic mass is 16.2. The van der Waals surface area contributed by atoms with Crippen LogP contribution in [0.3, 0.4) is 0 Å². The summed E-state index contributed by atoms with van der Waals surface area (Å²) in [5.41, 5.74) is 7.05. The van der Waals surface area contributed by atoms with E-state index in [0.717, 1.165) is 25.9 Å². The third-order valence-corrected chi connectivity index (χ3v) is 7.03. The van der Waals surface area contributed by atoms with Gasteiger partial charge in [0.05, 0.1) is 0 Å². The van der Waals surface area contributed by atoms with Crippen LogP contribution >= 0.6 is 0 Å². The quantitative estimate of drug-likeness (QED) is 0.784. The van der Waals surface area contributed by atoms with Gasteiger partial charge in [-0.3, -0.25) is 9.69 Å². The second kappa shape index (κ2) is 8.74. The summed E-state index contributed by atoms with van der Waals surface area (Å²) in [6.45, 7) is 3.83. The van der Waals surface area contributed by atoms with Crippen LogP contribution < -0.4 is 5.73 Å². The Morgan fingerprint density at radius 1 is 1.07 bits per heavy atom. The first kappa shape index (κ1) is 18.9. The molecule has 0 aliphatic carbocycles. The van der Waals surface area contributed by atoms with Crippen molar-refractivity contribution in [3.63, 3.8) is 0 Å². The monoisotopic (exact) mass is 369 g/mol. The van der Waals surface area contributed by atoms with Crippen molar-refractivity contribution in [2.75, 3.05) is 26.2 Å². The smallest absolute Gasteiger partial charge is 0.222 e. The third-order valence-electron chi connectivity index (χ3n) is 7.03. The number of amides is 1. The van der Waals surface area contributed by atoms with E-state index in [1.54, 1.807) is 0 Å². The van der Waals surface area contributed by atoms with E-state index in [9.17, 15) is 4.79 Å². The molecule has 27 heavy (non-hydrogen) atoms. The number of carbonyl (C=O) groups is 1. The molecule has 4 atom stereocenters. The highest BCUT2D eigenvalue weighted by molar-refractivity contribution is 5.76. The fourth-order valence-electron chi connectivity index (χ4n) is 5.80. The average Bonchev–Trinajstić information content (AvgIpc) is 2.69. The summed E-state index contributed by atoms with van der Waals surface area (Å²) in [6.07, 6.45) is 9.07. The Kier molecular flexibility index (Phi) is 6.14. The molecular weight excluding hydrogens is 334 g/mol. The molecule has 1 amide bonds. The third kappa shape index (κ3) is 4.38. The van der Waals surface area contributed by atoms with Gasteiger partial charge in [0.1, 0.15) is 0 Å². The largest absolute Gasteiger partial charge is 0.342 e. The topological polar surface area (TPSA) is 49.6 Å². The molecule has 0 radical (unpaired) electrons. The summed E-state index contributed by atoms with van der Waals surface area (Å²) < 4.78 is 0. The van der Waals surface area contributed by atoms with E-state index < -0.39 is 0 Å². The van der Waals surface area contributed by atoms with Crippen molar-refractivity contribution in [2.24, 2.45) is 17.6 Å². The molecule has 3 aliphatic rings. The predicted octanol–water partition coefficient (Wildman–Crippen LogP) is 3.06. The number of hydrogen-bond donors (Lipinski definition) is 1. The lowest BCUT2D eigenvalue weighted by Crippen LogP contribution is -2.62. The summed E-state index contributed by atoms with van der Waals surface area (Å²) >= 11 is 0. The number of benzene rings is 1. The summed E-state index contributed by atoms with van der Waals surface area (Å²) in [5.74, 6) is 1.70. The number of unbranched alkanes of at least 4 members (excludes halogenated alkanes) is 1. The lowest BCUT2D eigenvalue weighted by atomic mass is 9.74. The van der Waals surface area contributed by atoms with Crippen LogP contribution in [0.1, 0.15) is 50.5 Å². The van der Waals surface area contributed by atoms with E-state index in [1.807, 2.05) is 0 Å².